The fraction of sp³-hybridized carbons (Fsp3) is 0.696. The number of anilines is 1. The van der Waals surface area contributed by atoms with Crippen LogP contribution in [0.25, 0.3) is 11.0 Å². The van der Waals surface area contributed by atoms with Crippen molar-refractivity contribution in [3.63, 3.8) is 0 Å². The molecule has 2 fully saturated rings. The maximum atomic E-state index is 5.99. The fourth-order valence-electron chi connectivity index (χ4n) is 5.36. The molecule has 0 atom stereocenters. The summed E-state index contributed by atoms with van der Waals surface area (Å²) in [5, 5.41) is 14.1. The first-order valence-corrected chi connectivity index (χ1v) is 11.7. The summed E-state index contributed by atoms with van der Waals surface area (Å²) in [6, 6.07) is 0.504. The van der Waals surface area contributed by atoms with E-state index in [1.54, 1.807) is 0 Å². The molecule has 5 rings (SSSR count). The SMILES string of the molecule is CCOCC1CC2(CC(c3cnc4c(cnn4CC)c3NC3CCCCC3)=NO2)C1. The van der Waals surface area contributed by atoms with Gasteiger partial charge in [-0.15, -0.1) is 0 Å². The van der Waals surface area contributed by atoms with Gasteiger partial charge in [0.25, 0.3) is 0 Å². The molecule has 0 aromatic carbocycles. The van der Waals surface area contributed by atoms with Crippen LogP contribution in [0.1, 0.15) is 70.8 Å². The van der Waals surface area contributed by atoms with Gasteiger partial charge in [-0.3, -0.25) is 0 Å². The molecule has 30 heavy (non-hydrogen) atoms. The Morgan fingerprint density at radius 2 is 2.03 bits per heavy atom. The minimum absolute atomic E-state index is 0.137. The molecule has 0 amide bonds. The third kappa shape index (κ3) is 3.57. The minimum Gasteiger partial charge on any atom is -0.389 e. The Morgan fingerprint density at radius 1 is 1.20 bits per heavy atom. The molecule has 2 aromatic rings. The van der Waals surface area contributed by atoms with Gasteiger partial charge in [0, 0.05) is 44.0 Å². The van der Waals surface area contributed by atoms with Crippen molar-refractivity contribution in [2.75, 3.05) is 18.5 Å². The van der Waals surface area contributed by atoms with Crippen molar-refractivity contribution in [2.45, 2.75) is 83.4 Å². The van der Waals surface area contributed by atoms with Crippen LogP contribution in [-0.4, -0.2) is 45.3 Å². The van der Waals surface area contributed by atoms with Crippen LogP contribution in [0, 0.1) is 5.92 Å². The van der Waals surface area contributed by atoms with Gasteiger partial charge in [-0.25, -0.2) is 9.67 Å². The second-order valence-electron chi connectivity index (χ2n) is 9.15. The van der Waals surface area contributed by atoms with E-state index in [0.717, 1.165) is 67.0 Å². The molecule has 3 heterocycles. The zero-order chi connectivity index (χ0) is 20.6. The van der Waals surface area contributed by atoms with Crippen molar-refractivity contribution in [1.29, 1.82) is 0 Å². The first kappa shape index (κ1) is 19.8. The van der Waals surface area contributed by atoms with Crippen LogP contribution in [0.5, 0.6) is 0 Å². The molecule has 2 aromatic heterocycles. The van der Waals surface area contributed by atoms with E-state index in [4.69, 9.17) is 14.6 Å². The highest BCUT2D eigenvalue weighted by molar-refractivity contribution is 6.10. The molecule has 0 radical (unpaired) electrons. The molecule has 1 N–H and O–H groups in total. The average molecular weight is 412 g/mol. The molecular weight excluding hydrogens is 378 g/mol. The molecule has 1 spiro atoms. The van der Waals surface area contributed by atoms with E-state index in [-0.39, 0.29) is 5.60 Å². The van der Waals surface area contributed by atoms with E-state index < -0.39 is 0 Å². The van der Waals surface area contributed by atoms with Gasteiger partial charge in [0.1, 0.15) is 5.60 Å². The highest BCUT2D eigenvalue weighted by Crippen LogP contribution is 2.48. The molecule has 2 aliphatic carbocycles. The monoisotopic (exact) mass is 411 g/mol. The summed E-state index contributed by atoms with van der Waals surface area (Å²) < 4.78 is 7.56. The van der Waals surface area contributed by atoms with Gasteiger partial charge in [0.2, 0.25) is 0 Å². The molecule has 162 valence electrons. The lowest BCUT2D eigenvalue weighted by Crippen LogP contribution is -2.45. The molecule has 0 unspecified atom stereocenters. The third-order valence-electron chi connectivity index (χ3n) is 6.95. The Labute approximate surface area is 178 Å². The number of nitrogens with one attached hydrogen (secondary N) is 1. The van der Waals surface area contributed by atoms with E-state index in [0.29, 0.717) is 12.0 Å². The van der Waals surface area contributed by atoms with Crippen LogP contribution in [-0.2, 0) is 16.1 Å². The van der Waals surface area contributed by atoms with Crippen molar-refractivity contribution >= 4 is 22.4 Å². The largest absolute Gasteiger partial charge is 0.389 e. The topological polar surface area (TPSA) is 73.6 Å². The van der Waals surface area contributed by atoms with Crippen molar-refractivity contribution in [1.82, 2.24) is 14.8 Å². The summed E-state index contributed by atoms with van der Waals surface area (Å²) in [4.78, 5) is 10.8. The quantitative estimate of drug-likeness (QED) is 0.726. The number of fused-ring (bicyclic) bond motifs is 1. The molecular formula is C23H33N5O2. The van der Waals surface area contributed by atoms with Crippen molar-refractivity contribution < 1.29 is 9.57 Å². The fourth-order valence-corrected chi connectivity index (χ4v) is 5.36. The normalized spacial score (nSPS) is 26.6. The van der Waals surface area contributed by atoms with Crippen LogP contribution in [0.2, 0.25) is 0 Å². The van der Waals surface area contributed by atoms with Gasteiger partial charge in [0.15, 0.2) is 5.65 Å². The molecule has 3 aliphatic rings. The number of oxime groups is 1. The predicted molar refractivity (Wildman–Crippen MR) is 118 cm³/mol. The summed E-state index contributed by atoms with van der Waals surface area (Å²) >= 11 is 0. The summed E-state index contributed by atoms with van der Waals surface area (Å²) in [5.41, 5.74) is 4.03. The van der Waals surface area contributed by atoms with Gasteiger partial charge >= 0.3 is 0 Å². The number of hydrogen-bond donors (Lipinski definition) is 1. The lowest BCUT2D eigenvalue weighted by molar-refractivity contribution is -0.123. The Morgan fingerprint density at radius 3 is 2.80 bits per heavy atom. The second-order valence-corrected chi connectivity index (χ2v) is 9.15. The lowest BCUT2D eigenvalue weighted by atomic mass is 9.68. The first-order chi connectivity index (χ1) is 14.7. The Kier molecular flexibility index (Phi) is 5.39. The third-order valence-corrected chi connectivity index (χ3v) is 6.95. The number of pyridine rings is 1. The summed E-state index contributed by atoms with van der Waals surface area (Å²) in [5.74, 6) is 0.586. The number of nitrogens with zero attached hydrogens (tertiary/aromatic N) is 4. The zero-order valence-corrected chi connectivity index (χ0v) is 18.2. The van der Waals surface area contributed by atoms with E-state index >= 15 is 0 Å². The van der Waals surface area contributed by atoms with Crippen LogP contribution < -0.4 is 5.32 Å². The number of ether oxygens (including phenoxy) is 1. The molecule has 0 bridgehead atoms. The smallest absolute Gasteiger partial charge is 0.159 e. The number of aryl methyl sites for hydroxylation is 1. The number of hydrogen-bond acceptors (Lipinski definition) is 6. The molecule has 7 heteroatoms. The Hall–Kier alpha value is -2.15. The van der Waals surface area contributed by atoms with Crippen LogP contribution in [0.15, 0.2) is 17.5 Å². The molecule has 0 saturated heterocycles. The number of rotatable bonds is 7. The van der Waals surface area contributed by atoms with Gasteiger partial charge in [-0.2, -0.15) is 5.10 Å². The van der Waals surface area contributed by atoms with E-state index in [1.165, 1.54) is 32.1 Å². The summed E-state index contributed by atoms with van der Waals surface area (Å²) in [6.45, 7) is 6.57. The minimum atomic E-state index is -0.137. The van der Waals surface area contributed by atoms with Crippen molar-refractivity contribution in [3.05, 3.63) is 18.0 Å². The predicted octanol–water partition coefficient (Wildman–Crippen LogP) is 4.51. The lowest BCUT2D eigenvalue weighted by Gasteiger charge is -2.42. The highest BCUT2D eigenvalue weighted by atomic mass is 16.7. The van der Waals surface area contributed by atoms with Crippen LogP contribution in [0.3, 0.4) is 0 Å². The summed E-state index contributed by atoms with van der Waals surface area (Å²) in [6.07, 6.45) is 13.2. The second kappa shape index (κ2) is 8.17. The standard InChI is InChI=1S/C23H33N5O2/c1-3-28-22-19(14-25-28)21(26-17-8-6-5-7-9-17)18(13-24-22)20-12-23(30-27-20)10-16(11-23)15-29-4-2/h13-14,16-17H,3-12,15H2,1-2H3,(H,24,26). The van der Waals surface area contributed by atoms with Crippen molar-refractivity contribution in [3.8, 4) is 0 Å². The molecule has 2 saturated carbocycles. The maximum absolute atomic E-state index is 5.99. The average Bonchev–Trinajstić information content (AvgIpc) is 3.37. The maximum Gasteiger partial charge on any atom is 0.159 e. The Bertz CT molecular complexity index is 925. The van der Waals surface area contributed by atoms with Crippen LogP contribution in [0.4, 0.5) is 5.69 Å². The number of aromatic nitrogens is 3. The van der Waals surface area contributed by atoms with E-state index in [9.17, 15) is 0 Å². The molecule has 7 nitrogen and oxygen atoms in total. The van der Waals surface area contributed by atoms with Gasteiger partial charge in [-0.05, 0) is 45.4 Å². The first-order valence-electron chi connectivity index (χ1n) is 11.7. The highest BCUT2D eigenvalue weighted by Gasteiger charge is 2.51. The van der Waals surface area contributed by atoms with Gasteiger partial charge in [-0.1, -0.05) is 24.4 Å². The zero-order valence-electron chi connectivity index (χ0n) is 18.2. The van der Waals surface area contributed by atoms with Crippen molar-refractivity contribution in [2.24, 2.45) is 11.1 Å². The van der Waals surface area contributed by atoms with Gasteiger partial charge in [0.05, 0.1) is 23.0 Å². The Balaban J connectivity index is 1.40. The van der Waals surface area contributed by atoms with E-state index in [2.05, 4.69) is 22.5 Å². The van der Waals surface area contributed by atoms with Crippen LogP contribution >= 0.6 is 0 Å². The van der Waals surface area contributed by atoms with Gasteiger partial charge < -0.3 is 14.9 Å². The summed E-state index contributed by atoms with van der Waals surface area (Å²) in [7, 11) is 0. The van der Waals surface area contributed by atoms with E-state index in [1.807, 2.05) is 24.0 Å². The molecule has 1 aliphatic heterocycles.